The summed E-state index contributed by atoms with van der Waals surface area (Å²) in [5.74, 6) is -1.36. The van der Waals surface area contributed by atoms with Gasteiger partial charge in [0.1, 0.15) is 5.92 Å². The number of hydrogen-bond acceptors (Lipinski definition) is 3. The lowest BCUT2D eigenvalue weighted by atomic mass is 9.82. The summed E-state index contributed by atoms with van der Waals surface area (Å²) in [4.78, 5) is 35.6. The van der Waals surface area contributed by atoms with Crippen molar-refractivity contribution < 1.29 is 14.4 Å². The third-order valence-electron chi connectivity index (χ3n) is 5.50. The summed E-state index contributed by atoms with van der Waals surface area (Å²) < 4.78 is 0. The van der Waals surface area contributed by atoms with Crippen molar-refractivity contribution in [2.75, 3.05) is 0 Å². The molecule has 0 aliphatic heterocycles. The fourth-order valence-corrected chi connectivity index (χ4v) is 3.78. The molecule has 0 aromatic rings. The Morgan fingerprint density at radius 2 is 1.26 bits per heavy atom. The molecule has 27 heavy (non-hydrogen) atoms. The third-order valence-corrected chi connectivity index (χ3v) is 5.50. The molecular formula is C24H40O3. The lowest BCUT2D eigenvalue weighted by Crippen LogP contribution is -2.35. The Morgan fingerprint density at radius 3 is 1.81 bits per heavy atom. The van der Waals surface area contributed by atoms with Gasteiger partial charge in [-0.15, -0.1) is 0 Å². The standard InChI is InChI=1S/C24H40O3/c1-2-3-4-5-6-7-8-9-10-11-12-13-14-15-16-18-21(25)24-22(26)19-17-20-23(24)27/h9-10,24H,2-8,11-20H2,1H3/b10-9+. The minimum absolute atomic E-state index is 0.137. The maximum absolute atomic E-state index is 12.1. The zero-order valence-corrected chi connectivity index (χ0v) is 17.5. The molecule has 0 unspecified atom stereocenters. The van der Waals surface area contributed by atoms with Crippen LogP contribution in [0.5, 0.6) is 0 Å². The van der Waals surface area contributed by atoms with Crippen LogP contribution in [0, 0.1) is 5.92 Å². The van der Waals surface area contributed by atoms with E-state index in [4.69, 9.17) is 0 Å². The fraction of sp³-hybridized carbons (Fsp3) is 0.792. The van der Waals surface area contributed by atoms with E-state index in [-0.39, 0.29) is 17.3 Å². The number of Topliss-reactive ketones (excluding diaryl/α,β-unsaturated/α-hetero) is 3. The van der Waals surface area contributed by atoms with Crippen LogP contribution in [0.4, 0.5) is 0 Å². The first-order valence-corrected chi connectivity index (χ1v) is 11.4. The molecule has 1 rings (SSSR count). The van der Waals surface area contributed by atoms with Gasteiger partial charge in [0, 0.05) is 19.3 Å². The second kappa shape index (κ2) is 15.8. The Labute approximate surface area is 166 Å². The zero-order chi connectivity index (χ0) is 19.7. The highest BCUT2D eigenvalue weighted by Crippen LogP contribution is 2.20. The molecule has 0 bridgehead atoms. The Bertz CT molecular complexity index is 448. The number of carbonyl (C=O) groups excluding carboxylic acids is 3. The number of unbranched alkanes of at least 4 members (excludes halogenated alkanes) is 11. The molecule has 0 amide bonds. The van der Waals surface area contributed by atoms with Gasteiger partial charge in [0.2, 0.25) is 0 Å². The molecule has 154 valence electrons. The van der Waals surface area contributed by atoms with Crippen molar-refractivity contribution in [1.29, 1.82) is 0 Å². The van der Waals surface area contributed by atoms with Crippen molar-refractivity contribution in [3.8, 4) is 0 Å². The molecule has 0 saturated heterocycles. The lowest BCUT2D eigenvalue weighted by molar-refractivity contribution is -0.142. The maximum Gasteiger partial charge on any atom is 0.150 e. The van der Waals surface area contributed by atoms with E-state index in [0.29, 0.717) is 25.7 Å². The number of rotatable bonds is 16. The van der Waals surface area contributed by atoms with Gasteiger partial charge >= 0.3 is 0 Å². The van der Waals surface area contributed by atoms with E-state index in [0.717, 1.165) is 25.7 Å². The number of hydrogen-bond donors (Lipinski definition) is 0. The average Bonchev–Trinajstić information content (AvgIpc) is 2.64. The van der Waals surface area contributed by atoms with Crippen LogP contribution in [-0.4, -0.2) is 17.3 Å². The highest BCUT2D eigenvalue weighted by atomic mass is 16.2. The van der Waals surface area contributed by atoms with Crippen LogP contribution in [-0.2, 0) is 14.4 Å². The minimum atomic E-state index is -0.921. The van der Waals surface area contributed by atoms with E-state index >= 15 is 0 Å². The summed E-state index contributed by atoms with van der Waals surface area (Å²) in [7, 11) is 0. The smallest absolute Gasteiger partial charge is 0.150 e. The fourth-order valence-electron chi connectivity index (χ4n) is 3.78. The SMILES string of the molecule is CCCCCCCC/C=C/CCCCCCCC(=O)C1C(=O)CCCC1=O. The average molecular weight is 377 g/mol. The third kappa shape index (κ3) is 11.2. The van der Waals surface area contributed by atoms with E-state index in [1.807, 2.05) is 0 Å². The molecule has 1 aliphatic rings. The van der Waals surface area contributed by atoms with Crippen molar-refractivity contribution >= 4 is 17.3 Å². The Balaban J connectivity index is 1.91. The quantitative estimate of drug-likeness (QED) is 0.175. The van der Waals surface area contributed by atoms with Gasteiger partial charge in [0.05, 0.1) is 0 Å². The van der Waals surface area contributed by atoms with Crippen LogP contribution in [0.1, 0.15) is 116 Å². The summed E-state index contributed by atoms with van der Waals surface area (Å²) in [6, 6.07) is 0. The van der Waals surface area contributed by atoms with E-state index < -0.39 is 5.92 Å². The van der Waals surface area contributed by atoms with E-state index in [1.54, 1.807) is 0 Å². The van der Waals surface area contributed by atoms with Gasteiger partial charge in [-0.05, 0) is 38.5 Å². The summed E-state index contributed by atoms with van der Waals surface area (Å²) in [6.07, 6.45) is 22.3. The Morgan fingerprint density at radius 1 is 0.778 bits per heavy atom. The Hall–Kier alpha value is -1.25. The minimum Gasteiger partial charge on any atom is -0.298 e. The van der Waals surface area contributed by atoms with E-state index in [9.17, 15) is 14.4 Å². The number of ketones is 3. The first kappa shape index (κ1) is 23.8. The molecule has 0 N–H and O–H groups in total. The van der Waals surface area contributed by atoms with Gasteiger partial charge in [-0.25, -0.2) is 0 Å². The van der Waals surface area contributed by atoms with Crippen molar-refractivity contribution in [3.05, 3.63) is 12.2 Å². The number of allylic oxidation sites excluding steroid dienone is 2. The number of carbonyl (C=O) groups is 3. The highest BCUT2D eigenvalue weighted by Gasteiger charge is 2.34. The molecule has 0 atom stereocenters. The van der Waals surface area contributed by atoms with E-state index in [1.165, 1.54) is 57.8 Å². The van der Waals surface area contributed by atoms with Crippen LogP contribution in [0.3, 0.4) is 0 Å². The monoisotopic (exact) mass is 376 g/mol. The Kier molecular flexibility index (Phi) is 13.9. The van der Waals surface area contributed by atoms with Crippen LogP contribution >= 0.6 is 0 Å². The summed E-state index contributed by atoms with van der Waals surface area (Å²) in [5.41, 5.74) is 0. The van der Waals surface area contributed by atoms with Crippen LogP contribution < -0.4 is 0 Å². The molecule has 1 aliphatic carbocycles. The second-order valence-corrected chi connectivity index (χ2v) is 8.02. The van der Waals surface area contributed by atoms with Gasteiger partial charge in [-0.2, -0.15) is 0 Å². The van der Waals surface area contributed by atoms with Gasteiger partial charge < -0.3 is 0 Å². The molecular weight excluding hydrogens is 336 g/mol. The van der Waals surface area contributed by atoms with Gasteiger partial charge in [0.25, 0.3) is 0 Å². The zero-order valence-electron chi connectivity index (χ0n) is 17.5. The molecule has 0 aromatic heterocycles. The summed E-state index contributed by atoms with van der Waals surface area (Å²) in [5, 5.41) is 0. The van der Waals surface area contributed by atoms with Crippen molar-refractivity contribution in [1.82, 2.24) is 0 Å². The largest absolute Gasteiger partial charge is 0.298 e. The van der Waals surface area contributed by atoms with Gasteiger partial charge in [-0.1, -0.05) is 70.4 Å². The summed E-state index contributed by atoms with van der Waals surface area (Å²) in [6.45, 7) is 2.25. The molecule has 0 heterocycles. The molecule has 0 radical (unpaired) electrons. The second-order valence-electron chi connectivity index (χ2n) is 8.02. The molecule has 0 spiro atoms. The van der Waals surface area contributed by atoms with E-state index in [2.05, 4.69) is 19.1 Å². The van der Waals surface area contributed by atoms with Crippen LogP contribution in [0.2, 0.25) is 0 Å². The van der Waals surface area contributed by atoms with Crippen molar-refractivity contribution in [2.24, 2.45) is 5.92 Å². The first-order valence-electron chi connectivity index (χ1n) is 11.4. The normalized spacial score (nSPS) is 15.7. The van der Waals surface area contributed by atoms with Crippen molar-refractivity contribution in [2.45, 2.75) is 116 Å². The first-order chi connectivity index (χ1) is 13.2. The van der Waals surface area contributed by atoms with Gasteiger partial charge in [0.15, 0.2) is 17.3 Å². The topological polar surface area (TPSA) is 51.2 Å². The molecule has 3 nitrogen and oxygen atoms in total. The van der Waals surface area contributed by atoms with Gasteiger partial charge in [-0.3, -0.25) is 14.4 Å². The highest BCUT2D eigenvalue weighted by molar-refractivity contribution is 6.20. The lowest BCUT2D eigenvalue weighted by Gasteiger charge is -2.17. The molecule has 3 heteroatoms. The van der Waals surface area contributed by atoms with Crippen LogP contribution in [0.15, 0.2) is 12.2 Å². The molecule has 0 aromatic carbocycles. The predicted molar refractivity (Wildman–Crippen MR) is 112 cm³/mol. The summed E-state index contributed by atoms with van der Waals surface area (Å²) >= 11 is 0. The molecule has 1 fully saturated rings. The maximum atomic E-state index is 12.1. The predicted octanol–water partition coefficient (Wildman–Crippen LogP) is 6.53. The van der Waals surface area contributed by atoms with Crippen LogP contribution in [0.25, 0.3) is 0 Å². The van der Waals surface area contributed by atoms with Crippen molar-refractivity contribution in [3.63, 3.8) is 0 Å². The molecule has 1 saturated carbocycles.